The van der Waals surface area contributed by atoms with Gasteiger partial charge in [0.15, 0.2) is 0 Å². The smallest absolute Gasteiger partial charge is 0.287 e. The van der Waals surface area contributed by atoms with E-state index in [4.69, 9.17) is 0 Å². The van der Waals surface area contributed by atoms with Gasteiger partial charge >= 0.3 is 0 Å². The summed E-state index contributed by atoms with van der Waals surface area (Å²) in [6.45, 7) is 0. The molecule has 15 heavy (non-hydrogen) atoms. The highest BCUT2D eigenvalue weighted by atomic mass is 16.2. The van der Waals surface area contributed by atoms with Crippen LogP contribution >= 0.6 is 0 Å². The molecular weight excluding hydrogens is 192 g/mol. The molecule has 2 aromatic heterocycles. The molecule has 1 amide bonds. The van der Waals surface area contributed by atoms with E-state index < -0.39 is 0 Å². The van der Waals surface area contributed by atoms with Gasteiger partial charge in [-0.05, 0) is 24.3 Å². The molecule has 3 N–H and O–H groups in total. The van der Waals surface area contributed by atoms with E-state index in [0.29, 0.717) is 5.69 Å². The summed E-state index contributed by atoms with van der Waals surface area (Å²) in [6, 6.07) is 7.14. The highest BCUT2D eigenvalue weighted by Gasteiger charge is 2.02. The Kier molecular flexibility index (Phi) is 2.64. The second-order valence-corrected chi connectivity index (χ2v) is 2.91. The molecule has 0 saturated heterocycles. The fraction of sp³-hybridized carbons (Fsp3) is 0. The van der Waals surface area contributed by atoms with E-state index in [1.54, 1.807) is 30.7 Å². The average molecular weight is 202 g/mol. The lowest BCUT2D eigenvalue weighted by molar-refractivity contribution is 0.0951. The second kappa shape index (κ2) is 4.28. The van der Waals surface area contributed by atoms with Crippen LogP contribution in [-0.4, -0.2) is 22.1 Å². The molecule has 0 aromatic carbocycles. The first-order valence-corrected chi connectivity index (χ1v) is 4.46. The first kappa shape index (κ1) is 9.26. The van der Waals surface area contributed by atoms with E-state index in [2.05, 4.69) is 20.5 Å². The molecule has 0 aliphatic carbocycles. The number of hydrogen-bond acceptors (Lipinski definition) is 2. The number of aromatic amines is 2. The van der Waals surface area contributed by atoms with E-state index in [1.165, 1.54) is 0 Å². The molecule has 0 fully saturated rings. The Hall–Kier alpha value is -2.30. The van der Waals surface area contributed by atoms with Crippen molar-refractivity contribution in [3.05, 3.63) is 48.0 Å². The van der Waals surface area contributed by atoms with Gasteiger partial charge in [-0.1, -0.05) is 0 Å². The van der Waals surface area contributed by atoms with Gasteiger partial charge in [-0.25, -0.2) is 5.43 Å². The zero-order chi connectivity index (χ0) is 10.5. The standard InChI is InChI=1S/C10H10N4O/c15-10(9-4-2-6-12-9)14-13-7-8-3-1-5-11-8/h1-7,11-12H,(H,14,15)/b13-7+. The molecular formula is C10H10N4O. The van der Waals surface area contributed by atoms with Gasteiger partial charge in [0.05, 0.1) is 11.9 Å². The molecule has 2 heterocycles. The van der Waals surface area contributed by atoms with Gasteiger partial charge in [-0.2, -0.15) is 5.10 Å². The Balaban J connectivity index is 1.91. The number of rotatable bonds is 3. The number of hydrogen-bond donors (Lipinski definition) is 3. The summed E-state index contributed by atoms with van der Waals surface area (Å²) in [4.78, 5) is 17.1. The quantitative estimate of drug-likeness (QED) is 0.506. The molecule has 0 unspecified atom stereocenters. The van der Waals surface area contributed by atoms with Crippen LogP contribution in [0.3, 0.4) is 0 Å². The number of hydrazone groups is 1. The second-order valence-electron chi connectivity index (χ2n) is 2.91. The molecule has 2 rings (SSSR count). The number of aromatic nitrogens is 2. The van der Waals surface area contributed by atoms with Crippen LogP contribution in [0.15, 0.2) is 41.8 Å². The first-order chi connectivity index (χ1) is 7.36. The molecule has 0 saturated carbocycles. The van der Waals surface area contributed by atoms with Crippen molar-refractivity contribution < 1.29 is 4.79 Å². The fourth-order valence-electron chi connectivity index (χ4n) is 1.12. The summed E-state index contributed by atoms with van der Waals surface area (Å²) in [5.74, 6) is -0.261. The van der Waals surface area contributed by atoms with E-state index in [1.807, 2.05) is 12.1 Å². The number of carbonyl (C=O) groups excluding carboxylic acids is 1. The molecule has 0 spiro atoms. The van der Waals surface area contributed by atoms with Gasteiger partial charge in [0.25, 0.3) is 5.91 Å². The Morgan fingerprint density at radius 2 is 2.07 bits per heavy atom. The Morgan fingerprint density at radius 3 is 2.73 bits per heavy atom. The molecule has 0 atom stereocenters. The van der Waals surface area contributed by atoms with Gasteiger partial charge in [-0.15, -0.1) is 0 Å². The van der Waals surface area contributed by atoms with Gasteiger partial charge in [0.1, 0.15) is 5.69 Å². The molecule has 5 heteroatoms. The maximum Gasteiger partial charge on any atom is 0.287 e. The van der Waals surface area contributed by atoms with Gasteiger partial charge in [-0.3, -0.25) is 4.79 Å². The maximum atomic E-state index is 11.4. The average Bonchev–Trinajstić information content (AvgIpc) is 2.90. The van der Waals surface area contributed by atoms with Crippen LogP contribution < -0.4 is 5.43 Å². The topological polar surface area (TPSA) is 73.0 Å². The van der Waals surface area contributed by atoms with E-state index in [-0.39, 0.29) is 5.91 Å². The minimum absolute atomic E-state index is 0.261. The van der Waals surface area contributed by atoms with Crippen LogP contribution in [0.4, 0.5) is 0 Å². The molecule has 0 bridgehead atoms. The Bertz CT molecular complexity index is 442. The molecule has 0 aliphatic heterocycles. The zero-order valence-electron chi connectivity index (χ0n) is 7.90. The van der Waals surface area contributed by atoms with Crippen LogP contribution in [0.25, 0.3) is 0 Å². The summed E-state index contributed by atoms with van der Waals surface area (Å²) in [7, 11) is 0. The lowest BCUT2D eigenvalue weighted by atomic mass is 10.4. The van der Waals surface area contributed by atoms with Crippen molar-refractivity contribution in [2.24, 2.45) is 5.10 Å². The van der Waals surface area contributed by atoms with Crippen LogP contribution in [0.5, 0.6) is 0 Å². The van der Waals surface area contributed by atoms with Crippen molar-refractivity contribution in [2.75, 3.05) is 0 Å². The van der Waals surface area contributed by atoms with Gasteiger partial charge in [0, 0.05) is 12.4 Å². The third-order valence-corrected chi connectivity index (χ3v) is 1.83. The minimum Gasteiger partial charge on any atom is -0.360 e. The highest BCUT2D eigenvalue weighted by molar-refractivity contribution is 5.93. The number of nitrogens with one attached hydrogen (secondary N) is 3. The normalized spacial score (nSPS) is 10.7. The van der Waals surface area contributed by atoms with Gasteiger partial charge in [0.2, 0.25) is 0 Å². The number of H-pyrrole nitrogens is 2. The first-order valence-electron chi connectivity index (χ1n) is 4.46. The third kappa shape index (κ3) is 2.34. The molecule has 0 radical (unpaired) electrons. The van der Waals surface area contributed by atoms with E-state index >= 15 is 0 Å². The molecule has 5 nitrogen and oxygen atoms in total. The van der Waals surface area contributed by atoms with E-state index in [9.17, 15) is 4.79 Å². The number of carbonyl (C=O) groups is 1. The van der Waals surface area contributed by atoms with Crippen molar-refractivity contribution in [3.8, 4) is 0 Å². The largest absolute Gasteiger partial charge is 0.360 e. The summed E-state index contributed by atoms with van der Waals surface area (Å²) in [5.41, 5.74) is 3.72. The lowest BCUT2D eigenvalue weighted by Crippen LogP contribution is -2.17. The number of nitrogens with zero attached hydrogens (tertiary/aromatic N) is 1. The van der Waals surface area contributed by atoms with Crippen LogP contribution in [0, 0.1) is 0 Å². The van der Waals surface area contributed by atoms with Crippen LogP contribution in [0.1, 0.15) is 16.2 Å². The van der Waals surface area contributed by atoms with Crippen molar-refractivity contribution in [1.29, 1.82) is 0 Å². The Labute approximate surface area is 86.2 Å². The van der Waals surface area contributed by atoms with Crippen molar-refractivity contribution in [2.45, 2.75) is 0 Å². The predicted octanol–water partition coefficient (Wildman–Crippen LogP) is 1.11. The minimum atomic E-state index is -0.261. The zero-order valence-corrected chi connectivity index (χ0v) is 7.90. The highest BCUT2D eigenvalue weighted by Crippen LogP contribution is 1.93. The summed E-state index contributed by atoms with van der Waals surface area (Å²) in [5, 5.41) is 3.79. The summed E-state index contributed by atoms with van der Waals surface area (Å²) in [6.07, 6.45) is 5.01. The Morgan fingerprint density at radius 1 is 1.27 bits per heavy atom. The predicted molar refractivity (Wildman–Crippen MR) is 56.6 cm³/mol. The summed E-state index contributed by atoms with van der Waals surface area (Å²) < 4.78 is 0. The van der Waals surface area contributed by atoms with Crippen molar-refractivity contribution in [1.82, 2.24) is 15.4 Å². The monoisotopic (exact) mass is 202 g/mol. The molecule has 76 valence electrons. The van der Waals surface area contributed by atoms with E-state index in [0.717, 1.165) is 5.69 Å². The molecule has 2 aromatic rings. The lowest BCUT2D eigenvalue weighted by Gasteiger charge is -1.94. The van der Waals surface area contributed by atoms with Crippen LogP contribution in [-0.2, 0) is 0 Å². The van der Waals surface area contributed by atoms with Gasteiger partial charge < -0.3 is 9.97 Å². The fourth-order valence-corrected chi connectivity index (χ4v) is 1.12. The van der Waals surface area contributed by atoms with Crippen LogP contribution in [0.2, 0.25) is 0 Å². The maximum absolute atomic E-state index is 11.4. The SMILES string of the molecule is O=C(N/N=C/c1ccc[nH]1)c1ccc[nH]1. The van der Waals surface area contributed by atoms with Crippen molar-refractivity contribution in [3.63, 3.8) is 0 Å². The molecule has 0 aliphatic rings. The van der Waals surface area contributed by atoms with Crippen molar-refractivity contribution >= 4 is 12.1 Å². The third-order valence-electron chi connectivity index (χ3n) is 1.83. The number of amides is 1. The summed E-state index contributed by atoms with van der Waals surface area (Å²) >= 11 is 0.